The third-order valence-corrected chi connectivity index (χ3v) is 5.08. The van der Waals surface area contributed by atoms with Crippen molar-refractivity contribution in [1.29, 1.82) is 0 Å². The minimum atomic E-state index is -0.309. The van der Waals surface area contributed by atoms with Crippen LogP contribution in [0.4, 0.5) is 10.2 Å². The molecule has 0 bridgehead atoms. The molecule has 0 amide bonds. The second kappa shape index (κ2) is 6.59. The van der Waals surface area contributed by atoms with E-state index in [1.165, 1.54) is 12.1 Å². The molecule has 7 heteroatoms. The quantitative estimate of drug-likeness (QED) is 0.557. The van der Waals surface area contributed by atoms with E-state index >= 15 is 0 Å². The minimum absolute atomic E-state index is 0.309. The van der Waals surface area contributed by atoms with E-state index in [4.69, 9.17) is 4.52 Å². The molecule has 0 saturated carbocycles. The molecule has 0 radical (unpaired) electrons. The molecule has 0 unspecified atom stereocenters. The molecule has 1 fully saturated rings. The number of hydrogen-bond donors (Lipinski definition) is 0. The smallest absolute Gasteiger partial charge is 0.170 e. The Bertz CT molecular complexity index is 1100. The van der Waals surface area contributed by atoms with Crippen LogP contribution in [-0.2, 0) is 6.54 Å². The van der Waals surface area contributed by atoms with Crippen molar-refractivity contribution in [2.24, 2.45) is 0 Å². The van der Waals surface area contributed by atoms with Gasteiger partial charge in [0.25, 0.3) is 0 Å². The molecule has 1 aliphatic heterocycles. The van der Waals surface area contributed by atoms with Crippen LogP contribution in [0.25, 0.3) is 21.9 Å². The lowest BCUT2D eigenvalue weighted by Gasteiger charge is -2.35. The van der Waals surface area contributed by atoms with E-state index in [0.29, 0.717) is 12.1 Å². The predicted molar refractivity (Wildman–Crippen MR) is 101 cm³/mol. The van der Waals surface area contributed by atoms with Gasteiger partial charge in [-0.3, -0.25) is 4.90 Å². The SMILES string of the molecule is Fc1ccc2c(CN3CCN(c4ncnc5ccccc45)CC3)noc2c1. The number of para-hydroxylation sites is 1. The molecule has 5 rings (SSSR count). The van der Waals surface area contributed by atoms with Gasteiger partial charge in [0.05, 0.1) is 5.52 Å². The Labute approximate surface area is 155 Å². The number of hydrogen-bond acceptors (Lipinski definition) is 6. The molecule has 27 heavy (non-hydrogen) atoms. The van der Waals surface area contributed by atoms with Gasteiger partial charge in [0.15, 0.2) is 5.58 Å². The summed E-state index contributed by atoms with van der Waals surface area (Å²) >= 11 is 0. The molecule has 0 atom stereocenters. The summed E-state index contributed by atoms with van der Waals surface area (Å²) in [6.45, 7) is 4.25. The maximum Gasteiger partial charge on any atom is 0.170 e. The summed E-state index contributed by atoms with van der Waals surface area (Å²) < 4.78 is 18.6. The monoisotopic (exact) mass is 363 g/mol. The Morgan fingerprint density at radius 3 is 2.70 bits per heavy atom. The van der Waals surface area contributed by atoms with E-state index in [1.54, 1.807) is 12.4 Å². The first-order valence-electron chi connectivity index (χ1n) is 8.99. The first kappa shape index (κ1) is 16.1. The van der Waals surface area contributed by atoms with Gasteiger partial charge in [-0.25, -0.2) is 14.4 Å². The molecule has 2 aromatic heterocycles. The van der Waals surface area contributed by atoms with Crippen LogP contribution in [0, 0.1) is 5.82 Å². The fraction of sp³-hybridized carbons (Fsp3) is 0.250. The molecule has 3 heterocycles. The second-order valence-electron chi connectivity index (χ2n) is 6.75. The molecule has 0 spiro atoms. The van der Waals surface area contributed by atoms with Crippen LogP contribution in [0.2, 0.25) is 0 Å². The normalized spacial score (nSPS) is 15.7. The molecule has 2 aromatic carbocycles. The van der Waals surface area contributed by atoms with Crippen molar-refractivity contribution in [1.82, 2.24) is 20.0 Å². The molecule has 4 aromatic rings. The fourth-order valence-electron chi connectivity index (χ4n) is 3.65. The van der Waals surface area contributed by atoms with E-state index in [2.05, 4.69) is 31.0 Å². The second-order valence-corrected chi connectivity index (χ2v) is 6.75. The van der Waals surface area contributed by atoms with E-state index in [1.807, 2.05) is 18.2 Å². The third-order valence-electron chi connectivity index (χ3n) is 5.08. The van der Waals surface area contributed by atoms with E-state index in [0.717, 1.165) is 54.0 Å². The number of fused-ring (bicyclic) bond motifs is 2. The van der Waals surface area contributed by atoms with Crippen LogP contribution in [-0.4, -0.2) is 46.2 Å². The van der Waals surface area contributed by atoms with Crippen molar-refractivity contribution in [3.05, 3.63) is 60.3 Å². The minimum Gasteiger partial charge on any atom is -0.356 e. The zero-order valence-corrected chi connectivity index (χ0v) is 14.7. The summed E-state index contributed by atoms with van der Waals surface area (Å²) in [5, 5.41) is 6.09. The Morgan fingerprint density at radius 1 is 0.963 bits per heavy atom. The summed E-state index contributed by atoms with van der Waals surface area (Å²) in [4.78, 5) is 13.5. The number of nitrogens with zero attached hydrogens (tertiary/aromatic N) is 5. The van der Waals surface area contributed by atoms with Crippen molar-refractivity contribution in [2.45, 2.75) is 6.54 Å². The standard InChI is InChI=1S/C20H18FN5O/c21-14-5-6-15-18(24-27-19(15)11-14)12-25-7-9-26(10-8-25)20-16-3-1-2-4-17(16)22-13-23-20/h1-6,11,13H,7-10,12H2. The Hall–Kier alpha value is -3.06. The molecular formula is C20H18FN5O. The Kier molecular flexibility index (Phi) is 3.94. The first-order valence-corrected chi connectivity index (χ1v) is 8.99. The average Bonchev–Trinajstić information content (AvgIpc) is 3.10. The maximum absolute atomic E-state index is 13.3. The molecule has 0 aliphatic carbocycles. The summed E-state index contributed by atoms with van der Waals surface area (Å²) in [6, 6.07) is 12.6. The van der Waals surface area contributed by atoms with Crippen molar-refractivity contribution < 1.29 is 8.91 Å². The summed E-state index contributed by atoms with van der Waals surface area (Å²) in [6.07, 6.45) is 1.63. The van der Waals surface area contributed by atoms with Crippen LogP contribution < -0.4 is 4.90 Å². The highest BCUT2D eigenvalue weighted by Crippen LogP contribution is 2.25. The number of halogens is 1. The van der Waals surface area contributed by atoms with E-state index in [-0.39, 0.29) is 5.82 Å². The third kappa shape index (κ3) is 3.00. The number of anilines is 1. The number of aromatic nitrogens is 3. The zero-order valence-electron chi connectivity index (χ0n) is 14.7. The highest BCUT2D eigenvalue weighted by Gasteiger charge is 2.21. The number of rotatable bonds is 3. The molecule has 1 aliphatic rings. The highest BCUT2D eigenvalue weighted by molar-refractivity contribution is 5.89. The Balaban J connectivity index is 1.31. The van der Waals surface area contributed by atoms with Crippen molar-refractivity contribution >= 4 is 27.7 Å². The lowest BCUT2D eigenvalue weighted by Crippen LogP contribution is -2.46. The topological polar surface area (TPSA) is 58.3 Å². The van der Waals surface area contributed by atoms with Gasteiger partial charge in [-0.05, 0) is 24.3 Å². The van der Waals surface area contributed by atoms with E-state index < -0.39 is 0 Å². The largest absolute Gasteiger partial charge is 0.356 e. The van der Waals surface area contributed by atoms with Gasteiger partial charge in [-0.1, -0.05) is 17.3 Å². The first-order chi connectivity index (χ1) is 13.3. The van der Waals surface area contributed by atoms with Crippen LogP contribution in [0.5, 0.6) is 0 Å². The van der Waals surface area contributed by atoms with Crippen molar-refractivity contribution in [3.8, 4) is 0 Å². The highest BCUT2D eigenvalue weighted by atomic mass is 19.1. The summed E-state index contributed by atoms with van der Waals surface area (Å²) in [7, 11) is 0. The summed E-state index contributed by atoms with van der Waals surface area (Å²) in [5.41, 5.74) is 2.31. The van der Waals surface area contributed by atoms with Crippen LogP contribution in [0.1, 0.15) is 5.69 Å². The summed E-state index contributed by atoms with van der Waals surface area (Å²) in [5.74, 6) is 0.679. The molecule has 1 saturated heterocycles. The zero-order chi connectivity index (χ0) is 18.2. The van der Waals surface area contributed by atoms with Crippen LogP contribution in [0.15, 0.2) is 53.3 Å². The lowest BCUT2D eigenvalue weighted by atomic mass is 10.2. The van der Waals surface area contributed by atoms with Gasteiger partial charge < -0.3 is 9.42 Å². The van der Waals surface area contributed by atoms with Crippen LogP contribution >= 0.6 is 0 Å². The molecule has 0 N–H and O–H groups in total. The van der Waals surface area contributed by atoms with Gasteiger partial charge >= 0.3 is 0 Å². The lowest BCUT2D eigenvalue weighted by molar-refractivity contribution is 0.243. The molecule has 136 valence electrons. The van der Waals surface area contributed by atoms with Crippen LogP contribution in [0.3, 0.4) is 0 Å². The fourth-order valence-corrected chi connectivity index (χ4v) is 3.65. The average molecular weight is 363 g/mol. The Morgan fingerprint density at radius 2 is 1.81 bits per heavy atom. The van der Waals surface area contributed by atoms with E-state index in [9.17, 15) is 4.39 Å². The van der Waals surface area contributed by atoms with Crippen molar-refractivity contribution in [2.75, 3.05) is 31.1 Å². The molecule has 6 nitrogen and oxygen atoms in total. The van der Waals surface area contributed by atoms with Gasteiger partial charge in [0, 0.05) is 49.6 Å². The number of benzene rings is 2. The van der Waals surface area contributed by atoms with Gasteiger partial charge in [-0.2, -0.15) is 0 Å². The van der Waals surface area contributed by atoms with Gasteiger partial charge in [-0.15, -0.1) is 0 Å². The van der Waals surface area contributed by atoms with Gasteiger partial charge in [0.1, 0.15) is 23.7 Å². The maximum atomic E-state index is 13.3. The van der Waals surface area contributed by atoms with Gasteiger partial charge in [0.2, 0.25) is 0 Å². The number of piperazine rings is 1. The van der Waals surface area contributed by atoms with Crippen molar-refractivity contribution in [3.63, 3.8) is 0 Å². The predicted octanol–water partition coefficient (Wildman–Crippen LogP) is 3.23. The molecular weight excluding hydrogens is 345 g/mol.